The summed E-state index contributed by atoms with van der Waals surface area (Å²) in [5.74, 6) is -0.426. The lowest BCUT2D eigenvalue weighted by Gasteiger charge is -2.09. The highest BCUT2D eigenvalue weighted by Gasteiger charge is 2.33. The molecule has 1 fully saturated rings. The molecule has 6 N–H and O–H groups in total. The third kappa shape index (κ3) is 10.0. The van der Waals surface area contributed by atoms with Crippen molar-refractivity contribution in [2.24, 2.45) is 5.73 Å². The molecule has 0 atom stereocenters. The van der Waals surface area contributed by atoms with Crippen molar-refractivity contribution in [2.75, 3.05) is 17.7 Å². The SMILES string of the molecule is C1CCCCC1.CS.NC(=O)c1cnc(N)nc1.Nc1cc(C(F)(F)F)nc2ccc(Cl)cc12. The molecule has 0 unspecified atom stereocenters. The van der Waals surface area contributed by atoms with Crippen LogP contribution in [0.1, 0.15) is 54.6 Å². The van der Waals surface area contributed by atoms with Crippen molar-refractivity contribution in [2.45, 2.75) is 44.7 Å². The number of nitrogens with two attached hydrogens (primary N) is 3. The number of anilines is 2. The van der Waals surface area contributed by atoms with E-state index < -0.39 is 17.8 Å². The third-order valence-corrected chi connectivity index (χ3v) is 4.78. The zero-order chi connectivity index (χ0) is 25.7. The number of carbonyl (C=O) groups excluding carboxylic acids is 1. The van der Waals surface area contributed by atoms with Crippen LogP contribution in [0.3, 0.4) is 0 Å². The van der Waals surface area contributed by atoms with E-state index in [1.807, 2.05) is 0 Å². The molecule has 1 aliphatic carbocycles. The molecule has 0 spiro atoms. The number of nitrogen functional groups attached to an aromatic ring is 2. The minimum absolute atomic E-state index is 0.0137. The first-order chi connectivity index (χ1) is 16.1. The molecule has 0 bridgehead atoms. The minimum atomic E-state index is -4.50. The fourth-order valence-corrected chi connectivity index (χ4v) is 3.07. The quantitative estimate of drug-likeness (QED) is 0.314. The largest absolute Gasteiger partial charge is 0.433 e. The van der Waals surface area contributed by atoms with E-state index >= 15 is 0 Å². The molecule has 186 valence electrons. The average molecular weight is 517 g/mol. The van der Waals surface area contributed by atoms with Crippen LogP contribution >= 0.6 is 24.2 Å². The van der Waals surface area contributed by atoms with Gasteiger partial charge in [0.1, 0.15) is 5.69 Å². The fraction of sp³-hybridized carbons (Fsp3) is 0.364. The summed E-state index contributed by atoms with van der Waals surface area (Å²) in [5, 5.41) is 0.821. The van der Waals surface area contributed by atoms with E-state index in [1.54, 1.807) is 6.26 Å². The predicted molar refractivity (Wildman–Crippen MR) is 134 cm³/mol. The molecule has 0 aliphatic heterocycles. The van der Waals surface area contributed by atoms with Crippen LogP contribution < -0.4 is 17.2 Å². The van der Waals surface area contributed by atoms with E-state index in [0.29, 0.717) is 10.4 Å². The van der Waals surface area contributed by atoms with Gasteiger partial charge in [-0.1, -0.05) is 50.1 Å². The van der Waals surface area contributed by atoms with Crippen molar-refractivity contribution >= 4 is 52.7 Å². The first-order valence-corrected chi connectivity index (χ1v) is 11.6. The summed E-state index contributed by atoms with van der Waals surface area (Å²) in [6.45, 7) is 0. The van der Waals surface area contributed by atoms with Gasteiger partial charge in [-0.3, -0.25) is 4.79 Å². The number of primary amides is 1. The third-order valence-electron chi connectivity index (χ3n) is 4.55. The molecular weight excluding hydrogens is 489 g/mol. The van der Waals surface area contributed by atoms with Gasteiger partial charge >= 0.3 is 6.18 Å². The first kappa shape index (κ1) is 29.2. The maximum absolute atomic E-state index is 12.4. The van der Waals surface area contributed by atoms with E-state index in [1.165, 1.54) is 69.1 Å². The van der Waals surface area contributed by atoms with Gasteiger partial charge in [0, 0.05) is 28.5 Å². The van der Waals surface area contributed by atoms with Gasteiger partial charge in [0.05, 0.1) is 11.1 Å². The standard InChI is InChI=1S/C10H6ClF3N2.C6H12.C5H6N4O.CH4S/c11-5-1-2-8-6(3-5)7(15)4-9(16-8)10(12,13)14;1-2-4-6-5-3-1;6-4(10)3-1-8-5(7)9-2-3;1-2/h1-4H,(H2,15,16);1-6H2;1-2H,(H2,6,10)(H2,7,8,9);2H,1H3. The lowest BCUT2D eigenvalue weighted by Crippen LogP contribution is -2.12. The molecular formula is C22H28ClF3N6OS. The van der Waals surface area contributed by atoms with E-state index in [-0.39, 0.29) is 22.7 Å². The summed E-state index contributed by atoms with van der Waals surface area (Å²) >= 11 is 9.24. The number of amides is 1. The lowest BCUT2D eigenvalue weighted by molar-refractivity contribution is -0.140. The number of nitrogens with zero attached hydrogens (tertiary/aromatic N) is 3. The molecule has 0 saturated heterocycles. The Hall–Kier alpha value is -2.79. The molecule has 7 nitrogen and oxygen atoms in total. The van der Waals surface area contributed by atoms with Crippen molar-refractivity contribution in [3.63, 3.8) is 0 Å². The summed E-state index contributed by atoms with van der Waals surface area (Å²) in [6.07, 6.45) is 8.76. The number of benzene rings is 1. The minimum Gasteiger partial charge on any atom is -0.398 e. The van der Waals surface area contributed by atoms with Crippen molar-refractivity contribution in [3.8, 4) is 0 Å². The number of carbonyl (C=O) groups is 1. The monoisotopic (exact) mass is 516 g/mol. The maximum Gasteiger partial charge on any atom is 0.433 e. The van der Waals surface area contributed by atoms with Gasteiger partial charge < -0.3 is 17.2 Å². The van der Waals surface area contributed by atoms with Gasteiger partial charge in [-0.05, 0) is 30.5 Å². The van der Waals surface area contributed by atoms with Crippen LogP contribution in [0.5, 0.6) is 0 Å². The number of pyridine rings is 1. The van der Waals surface area contributed by atoms with Crippen molar-refractivity contribution in [3.05, 3.63) is 52.9 Å². The van der Waals surface area contributed by atoms with Crippen molar-refractivity contribution < 1.29 is 18.0 Å². The summed E-state index contributed by atoms with van der Waals surface area (Å²) in [6, 6.07) is 5.16. The normalized spacial score (nSPS) is 12.8. The predicted octanol–water partition coefficient (Wildman–Crippen LogP) is 5.53. The Morgan fingerprint density at radius 3 is 1.91 bits per heavy atom. The van der Waals surface area contributed by atoms with Crippen LogP contribution in [-0.2, 0) is 6.18 Å². The lowest BCUT2D eigenvalue weighted by atomic mass is 10.0. The Bertz CT molecular complexity index is 1040. The van der Waals surface area contributed by atoms with E-state index in [0.717, 1.165) is 6.07 Å². The van der Waals surface area contributed by atoms with Crippen LogP contribution in [0.2, 0.25) is 5.02 Å². The number of halogens is 4. The Balaban J connectivity index is 0.000000273. The Morgan fingerprint density at radius 1 is 0.971 bits per heavy atom. The molecule has 0 radical (unpaired) electrons. The summed E-state index contributed by atoms with van der Waals surface area (Å²) in [4.78, 5) is 21.0. The van der Waals surface area contributed by atoms with Gasteiger partial charge in [-0.25, -0.2) is 15.0 Å². The van der Waals surface area contributed by atoms with Gasteiger partial charge in [0.15, 0.2) is 0 Å². The van der Waals surface area contributed by atoms with Crippen LogP contribution in [0.25, 0.3) is 10.9 Å². The van der Waals surface area contributed by atoms with Gasteiger partial charge in [0.25, 0.3) is 5.91 Å². The molecule has 1 amide bonds. The number of hydrogen-bond acceptors (Lipinski definition) is 7. The molecule has 3 aromatic rings. The Labute approximate surface area is 206 Å². The molecule has 12 heteroatoms. The molecule has 1 aliphatic rings. The van der Waals surface area contributed by atoms with Crippen LogP contribution in [0.4, 0.5) is 24.8 Å². The molecule has 2 aromatic heterocycles. The highest BCUT2D eigenvalue weighted by molar-refractivity contribution is 7.79. The van der Waals surface area contributed by atoms with Crippen LogP contribution in [-0.4, -0.2) is 27.1 Å². The van der Waals surface area contributed by atoms with Crippen molar-refractivity contribution in [1.29, 1.82) is 0 Å². The summed E-state index contributed by atoms with van der Waals surface area (Å²) in [5.41, 5.74) is 15.0. The van der Waals surface area contributed by atoms with Crippen molar-refractivity contribution in [1.82, 2.24) is 15.0 Å². The number of rotatable bonds is 1. The second-order valence-corrected chi connectivity index (χ2v) is 7.51. The molecule has 4 rings (SSSR count). The van der Waals surface area contributed by atoms with Gasteiger partial charge in [0.2, 0.25) is 5.95 Å². The zero-order valence-corrected chi connectivity index (χ0v) is 20.3. The molecule has 34 heavy (non-hydrogen) atoms. The number of alkyl halides is 3. The highest BCUT2D eigenvalue weighted by atomic mass is 35.5. The maximum atomic E-state index is 12.4. The van der Waals surface area contributed by atoms with E-state index in [9.17, 15) is 18.0 Å². The zero-order valence-electron chi connectivity index (χ0n) is 18.6. The van der Waals surface area contributed by atoms with Crippen LogP contribution in [0, 0.1) is 0 Å². The second-order valence-electron chi connectivity index (χ2n) is 7.07. The van der Waals surface area contributed by atoms with E-state index in [2.05, 4.69) is 27.6 Å². The molecule has 1 saturated carbocycles. The summed E-state index contributed by atoms with van der Waals surface area (Å²) in [7, 11) is 0. The summed E-state index contributed by atoms with van der Waals surface area (Å²) < 4.78 is 37.3. The molecule has 1 aromatic carbocycles. The number of hydrogen-bond donors (Lipinski definition) is 4. The van der Waals surface area contributed by atoms with Gasteiger partial charge in [-0.15, -0.1) is 0 Å². The number of aromatic nitrogens is 3. The van der Waals surface area contributed by atoms with Gasteiger partial charge in [-0.2, -0.15) is 25.8 Å². The Morgan fingerprint density at radius 2 is 1.47 bits per heavy atom. The second kappa shape index (κ2) is 14.5. The topological polar surface area (TPSA) is 134 Å². The van der Waals surface area contributed by atoms with Crippen LogP contribution in [0.15, 0.2) is 36.7 Å². The smallest absolute Gasteiger partial charge is 0.398 e. The average Bonchev–Trinajstić information content (AvgIpc) is 2.82. The molecule has 2 heterocycles. The highest BCUT2D eigenvalue weighted by Crippen LogP contribution is 2.32. The Kier molecular flexibility index (Phi) is 12.4. The number of thiol groups is 1. The van der Waals surface area contributed by atoms with E-state index in [4.69, 9.17) is 28.8 Å². The fourth-order valence-electron chi connectivity index (χ4n) is 2.90. The first-order valence-electron chi connectivity index (χ1n) is 10.3. The number of fused-ring (bicyclic) bond motifs is 1.